The summed E-state index contributed by atoms with van der Waals surface area (Å²) in [6, 6.07) is 25.2. The number of thioether (sulfide) groups is 1. The Morgan fingerprint density at radius 3 is 2.34 bits per heavy atom. The Bertz CT molecular complexity index is 1210. The molecule has 4 rings (SSSR count). The maximum absolute atomic E-state index is 14.4. The molecule has 160 valence electrons. The van der Waals surface area contributed by atoms with Gasteiger partial charge >= 0.3 is 0 Å². The van der Waals surface area contributed by atoms with Gasteiger partial charge in [-0.05, 0) is 29.8 Å². The first kappa shape index (κ1) is 21.5. The summed E-state index contributed by atoms with van der Waals surface area (Å²) < 4.78 is 16.2. The van der Waals surface area contributed by atoms with Gasteiger partial charge in [0.1, 0.15) is 11.1 Å². The second kappa shape index (κ2) is 10.1. The molecule has 3 aromatic carbocycles. The third kappa shape index (κ3) is 4.78. The van der Waals surface area contributed by atoms with Crippen molar-refractivity contribution in [3.63, 3.8) is 0 Å². The van der Waals surface area contributed by atoms with E-state index in [1.54, 1.807) is 28.8 Å². The van der Waals surface area contributed by atoms with Crippen LogP contribution in [0.3, 0.4) is 0 Å². The fourth-order valence-electron chi connectivity index (χ4n) is 3.25. The third-order valence-electron chi connectivity index (χ3n) is 4.75. The molecule has 1 unspecified atom stereocenters. The molecule has 1 atom stereocenters. The number of para-hydroxylation sites is 1. The molecule has 1 amide bonds. The fraction of sp³-hybridized carbons (Fsp3) is 0.0800. The lowest BCUT2D eigenvalue weighted by Gasteiger charge is -2.17. The lowest BCUT2D eigenvalue weighted by Crippen LogP contribution is -2.19. The molecule has 4 aromatic rings. The molecule has 0 aliphatic carbocycles. The quantitative estimate of drug-likeness (QED) is 0.278. The molecule has 0 bridgehead atoms. The number of hydrogen-bond acceptors (Lipinski definition) is 4. The van der Waals surface area contributed by atoms with E-state index in [1.165, 1.54) is 17.8 Å². The largest absolute Gasteiger partial charge is 0.325 e. The van der Waals surface area contributed by atoms with E-state index in [0.29, 0.717) is 28.8 Å². The van der Waals surface area contributed by atoms with Crippen LogP contribution in [0.4, 0.5) is 10.1 Å². The molecule has 0 saturated carbocycles. The van der Waals surface area contributed by atoms with Crippen molar-refractivity contribution in [3.05, 3.63) is 109 Å². The van der Waals surface area contributed by atoms with Gasteiger partial charge in [-0.1, -0.05) is 78.5 Å². The van der Waals surface area contributed by atoms with Crippen LogP contribution < -0.4 is 5.32 Å². The van der Waals surface area contributed by atoms with Crippen LogP contribution in [0.5, 0.6) is 0 Å². The van der Waals surface area contributed by atoms with Gasteiger partial charge in [0.25, 0.3) is 0 Å². The van der Waals surface area contributed by atoms with E-state index in [0.717, 1.165) is 5.56 Å². The van der Waals surface area contributed by atoms with Gasteiger partial charge in [0.2, 0.25) is 5.91 Å². The Balaban J connectivity index is 1.70. The fourth-order valence-corrected chi connectivity index (χ4v) is 4.29. The van der Waals surface area contributed by atoms with Crippen molar-refractivity contribution in [1.82, 2.24) is 14.8 Å². The number of aromatic nitrogens is 3. The summed E-state index contributed by atoms with van der Waals surface area (Å²) in [5.41, 5.74) is 1.88. The topological polar surface area (TPSA) is 59.8 Å². The van der Waals surface area contributed by atoms with Crippen LogP contribution in [0.1, 0.15) is 10.8 Å². The highest BCUT2D eigenvalue weighted by atomic mass is 32.2. The van der Waals surface area contributed by atoms with Crippen LogP contribution >= 0.6 is 11.8 Å². The van der Waals surface area contributed by atoms with E-state index in [-0.39, 0.29) is 11.7 Å². The predicted octanol–water partition coefficient (Wildman–Crippen LogP) is 5.74. The van der Waals surface area contributed by atoms with Crippen molar-refractivity contribution in [1.29, 1.82) is 0 Å². The highest BCUT2D eigenvalue weighted by molar-refractivity contribution is 8.00. The molecule has 1 heterocycles. The van der Waals surface area contributed by atoms with Gasteiger partial charge in [-0.15, -0.1) is 16.8 Å². The Hall–Kier alpha value is -3.71. The Morgan fingerprint density at radius 1 is 1.00 bits per heavy atom. The molecule has 0 radical (unpaired) electrons. The first-order valence-corrected chi connectivity index (χ1v) is 10.9. The van der Waals surface area contributed by atoms with Crippen molar-refractivity contribution in [2.45, 2.75) is 17.0 Å². The van der Waals surface area contributed by atoms with Crippen LogP contribution in [0, 0.1) is 5.82 Å². The summed E-state index contributed by atoms with van der Waals surface area (Å²) in [4.78, 5) is 13.2. The van der Waals surface area contributed by atoms with Crippen LogP contribution in [-0.4, -0.2) is 20.7 Å². The minimum absolute atomic E-state index is 0.187. The van der Waals surface area contributed by atoms with E-state index in [1.807, 2.05) is 60.7 Å². The molecule has 7 heteroatoms. The van der Waals surface area contributed by atoms with E-state index >= 15 is 0 Å². The third-order valence-corrected chi connectivity index (χ3v) is 5.98. The molecule has 0 spiro atoms. The Morgan fingerprint density at radius 2 is 1.66 bits per heavy atom. The van der Waals surface area contributed by atoms with Gasteiger partial charge in [-0.3, -0.25) is 9.36 Å². The minimum Gasteiger partial charge on any atom is -0.325 e. The Kier molecular flexibility index (Phi) is 6.77. The average Bonchev–Trinajstić information content (AvgIpc) is 3.21. The summed E-state index contributed by atoms with van der Waals surface area (Å²) in [7, 11) is 0. The Labute approximate surface area is 190 Å². The number of halogens is 1. The first-order chi connectivity index (χ1) is 15.7. The maximum Gasteiger partial charge on any atom is 0.242 e. The number of nitrogens with zero attached hydrogens (tertiary/aromatic N) is 3. The molecule has 0 aliphatic heterocycles. The molecule has 5 nitrogen and oxygen atoms in total. The van der Waals surface area contributed by atoms with E-state index in [9.17, 15) is 9.18 Å². The van der Waals surface area contributed by atoms with Crippen molar-refractivity contribution < 1.29 is 9.18 Å². The summed E-state index contributed by atoms with van der Waals surface area (Å²) in [6.07, 6.45) is 1.69. The molecular weight excluding hydrogens is 423 g/mol. The number of allylic oxidation sites excluding steroid dienone is 1. The van der Waals surface area contributed by atoms with Crippen molar-refractivity contribution in [3.8, 4) is 11.4 Å². The second-order valence-corrected chi connectivity index (χ2v) is 8.02. The van der Waals surface area contributed by atoms with Crippen LogP contribution in [-0.2, 0) is 11.3 Å². The zero-order valence-electron chi connectivity index (χ0n) is 17.2. The number of carbonyl (C=O) groups is 1. The zero-order valence-corrected chi connectivity index (χ0v) is 18.0. The van der Waals surface area contributed by atoms with Gasteiger partial charge in [-0.2, -0.15) is 0 Å². The molecule has 1 N–H and O–H groups in total. The summed E-state index contributed by atoms with van der Waals surface area (Å²) >= 11 is 1.26. The number of benzene rings is 3. The van der Waals surface area contributed by atoms with Crippen LogP contribution in [0.15, 0.2) is 103 Å². The normalized spacial score (nSPS) is 11.7. The zero-order chi connectivity index (χ0) is 22.3. The first-order valence-electron chi connectivity index (χ1n) is 10.0. The summed E-state index contributed by atoms with van der Waals surface area (Å²) in [6.45, 7) is 4.18. The predicted molar refractivity (Wildman–Crippen MR) is 126 cm³/mol. The second-order valence-electron chi connectivity index (χ2n) is 6.95. The van der Waals surface area contributed by atoms with Gasteiger partial charge in [0, 0.05) is 12.2 Å². The van der Waals surface area contributed by atoms with Gasteiger partial charge in [-0.25, -0.2) is 4.39 Å². The lowest BCUT2D eigenvalue weighted by atomic mass is 10.1. The smallest absolute Gasteiger partial charge is 0.242 e. The van der Waals surface area contributed by atoms with E-state index in [2.05, 4.69) is 22.1 Å². The van der Waals surface area contributed by atoms with Crippen LogP contribution in [0.25, 0.3) is 11.4 Å². The number of anilines is 1. The maximum atomic E-state index is 14.4. The standard InChI is InChI=1S/C25H21FN4OS/c1-2-17-30-23(20-15-9-10-16-21(20)26)28-29-25(30)32-22(18-11-5-3-6-12-18)24(31)27-19-13-7-4-8-14-19/h2-16,22H,1,17H2,(H,27,31). The minimum atomic E-state index is -0.586. The summed E-state index contributed by atoms with van der Waals surface area (Å²) in [5.74, 6) is -0.183. The van der Waals surface area contributed by atoms with E-state index in [4.69, 9.17) is 0 Å². The number of amides is 1. The van der Waals surface area contributed by atoms with Crippen molar-refractivity contribution >= 4 is 23.4 Å². The molecule has 0 saturated heterocycles. The number of rotatable bonds is 8. The lowest BCUT2D eigenvalue weighted by molar-refractivity contribution is -0.115. The molecule has 0 aliphatic rings. The van der Waals surface area contributed by atoms with Gasteiger partial charge in [0.05, 0.1) is 5.56 Å². The van der Waals surface area contributed by atoms with Crippen molar-refractivity contribution in [2.75, 3.05) is 5.32 Å². The average molecular weight is 445 g/mol. The SMILES string of the molecule is C=CCn1c(SC(C(=O)Nc2ccccc2)c2ccccc2)nnc1-c1ccccc1F. The molecule has 0 fully saturated rings. The van der Waals surface area contributed by atoms with Crippen molar-refractivity contribution in [2.24, 2.45) is 0 Å². The number of carbonyl (C=O) groups excluding carboxylic acids is 1. The molecule has 1 aromatic heterocycles. The summed E-state index contributed by atoms with van der Waals surface area (Å²) in [5, 5.41) is 11.4. The van der Waals surface area contributed by atoms with Crippen LogP contribution in [0.2, 0.25) is 0 Å². The van der Waals surface area contributed by atoms with Gasteiger partial charge in [0.15, 0.2) is 11.0 Å². The molecular formula is C25H21FN4OS. The molecule has 32 heavy (non-hydrogen) atoms. The highest BCUT2D eigenvalue weighted by Gasteiger charge is 2.26. The number of hydrogen-bond donors (Lipinski definition) is 1. The van der Waals surface area contributed by atoms with Gasteiger partial charge < -0.3 is 5.32 Å². The number of nitrogens with one attached hydrogen (secondary N) is 1. The van der Waals surface area contributed by atoms with E-state index < -0.39 is 5.25 Å². The highest BCUT2D eigenvalue weighted by Crippen LogP contribution is 2.37. The monoisotopic (exact) mass is 444 g/mol.